The van der Waals surface area contributed by atoms with E-state index in [9.17, 15) is 4.79 Å². The van der Waals surface area contributed by atoms with Crippen molar-refractivity contribution in [2.24, 2.45) is 0 Å². The molecule has 0 amide bonds. The molecule has 0 bridgehead atoms. The minimum absolute atomic E-state index is 0.370. The molecule has 114 valence electrons. The van der Waals surface area contributed by atoms with Gasteiger partial charge in [-0.3, -0.25) is 0 Å². The monoisotopic (exact) mass is 303 g/mol. The van der Waals surface area contributed by atoms with Crippen molar-refractivity contribution in [1.29, 1.82) is 0 Å². The van der Waals surface area contributed by atoms with Crippen LogP contribution in [0.5, 0.6) is 0 Å². The van der Waals surface area contributed by atoms with E-state index in [4.69, 9.17) is 10.5 Å². The number of hydrogen-bond acceptors (Lipinski definition) is 3. The second-order valence-electron chi connectivity index (χ2n) is 7.24. The van der Waals surface area contributed by atoms with Gasteiger partial charge in [0.05, 0.1) is 5.56 Å². The predicted molar refractivity (Wildman–Crippen MR) is 91.0 cm³/mol. The van der Waals surface area contributed by atoms with Crippen molar-refractivity contribution in [3.05, 3.63) is 28.8 Å². The first-order valence-corrected chi connectivity index (χ1v) is 10.6. The quantitative estimate of drug-likeness (QED) is 0.372. The van der Waals surface area contributed by atoms with Crippen molar-refractivity contribution in [3.8, 4) is 11.5 Å². The van der Waals surface area contributed by atoms with E-state index in [2.05, 4.69) is 31.1 Å². The molecule has 0 aromatic heterocycles. The van der Waals surface area contributed by atoms with Gasteiger partial charge < -0.3 is 10.5 Å². The highest BCUT2D eigenvalue weighted by Crippen LogP contribution is 2.21. The first-order chi connectivity index (χ1) is 9.39. The average molecular weight is 303 g/mol. The molecule has 4 heteroatoms. The van der Waals surface area contributed by atoms with Gasteiger partial charge in [0.1, 0.15) is 13.7 Å². The fraction of sp³-hybridized carbons (Fsp3) is 0.471. The van der Waals surface area contributed by atoms with Crippen LogP contribution in [-0.4, -0.2) is 19.6 Å². The molecule has 0 aliphatic carbocycles. The lowest BCUT2D eigenvalue weighted by molar-refractivity contribution is 0.00695. The van der Waals surface area contributed by atoms with E-state index in [0.717, 1.165) is 11.1 Å². The van der Waals surface area contributed by atoms with Crippen molar-refractivity contribution in [1.82, 2.24) is 0 Å². The predicted octanol–water partition coefficient (Wildman–Crippen LogP) is 3.76. The lowest BCUT2D eigenvalue weighted by atomic mass is 10.0. The molecular formula is C17H25NO2Si. The van der Waals surface area contributed by atoms with Crippen LogP contribution in [0.2, 0.25) is 19.6 Å². The molecule has 0 saturated carbocycles. The molecule has 21 heavy (non-hydrogen) atoms. The highest BCUT2D eigenvalue weighted by atomic mass is 28.3. The van der Waals surface area contributed by atoms with E-state index in [1.807, 2.05) is 27.7 Å². The number of benzene rings is 1. The maximum Gasteiger partial charge on any atom is 0.338 e. The minimum atomic E-state index is -1.48. The number of anilines is 1. The highest BCUT2D eigenvalue weighted by Gasteiger charge is 2.19. The molecule has 2 N–H and O–H groups in total. The Hall–Kier alpha value is -1.73. The molecule has 0 saturated heterocycles. The fourth-order valence-corrected chi connectivity index (χ4v) is 2.09. The lowest BCUT2D eigenvalue weighted by Gasteiger charge is -2.20. The maximum absolute atomic E-state index is 12.2. The fourth-order valence-electron chi connectivity index (χ4n) is 1.58. The van der Waals surface area contributed by atoms with Crippen LogP contribution in [0.3, 0.4) is 0 Å². The number of nitrogen functional groups attached to an aromatic ring is 1. The Balaban J connectivity index is 3.23. The third-order valence-electron chi connectivity index (χ3n) is 2.65. The Morgan fingerprint density at radius 1 is 1.24 bits per heavy atom. The zero-order valence-electron chi connectivity index (χ0n) is 14.0. The van der Waals surface area contributed by atoms with Crippen LogP contribution in [0.15, 0.2) is 12.1 Å². The van der Waals surface area contributed by atoms with Crippen LogP contribution in [0.25, 0.3) is 0 Å². The summed E-state index contributed by atoms with van der Waals surface area (Å²) in [4.78, 5) is 12.2. The molecule has 0 heterocycles. The summed E-state index contributed by atoms with van der Waals surface area (Å²) in [5.74, 6) is 2.81. The van der Waals surface area contributed by atoms with Crippen molar-refractivity contribution in [2.75, 3.05) is 5.73 Å². The largest absolute Gasteiger partial charge is 0.456 e. The summed E-state index contributed by atoms with van der Waals surface area (Å²) in [7, 11) is -1.48. The van der Waals surface area contributed by atoms with Gasteiger partial charge >= 0.3 is 5.97 Å². The third kappa shape index (κ3) is 5.64. The van der Waals surface area contributed by atoms with Crippen LogP contribution in [-0.2, 0) is 4.74 Å². The molecular weight excluding hydrogens is 278 g/mol. The molecule has 1 aromatic rings. The SMILES string of the molecule is Cc1c(N)cc(C(=O)OC(C)(C)C)cc1C#C[Si](C)(C)C. The topological polar surface area (TPSA) is 52.3 Å². The summed E-state index contributed by atoms with van der Waals surface area (Å²) in [5.41, 5.74) is 11.5. The summed E-state index contributed by atoms with van der Waals surface area (Å²) in [6, 6.07) is 3.43. The van der Waals surface area contributed by atoms with Crippen molar-refractivity contribution in [2.45, 2.75) is 52.9 Å². The second kappa shape index (κ2) is 5.95. The molecule has 0 fully saturated rings. The normalized spacial score (nSPS) is 11.6. The molecule has 0 aliphatic rings. The van der Waals surface area contributed by atoms with E-state index in [0.29, 0.717) is 11.3 Å². The minimum Gasteiger partial charge on any atom is -0.456 e. The zero-order valence-corrected chi connectivity index (χ0v) is 15.0. The number of esters is 1. The smallest absolute Gasteiger partial charge is 0.338 e. The zero-order chi connectivity index (χ0) is 16.4. The molecule has 1 rings (SSSR count). The first-order valence-electron chi connectivity index (χ1n) is 7.06. The van der Waals surface area contributed by atoms with Crippen LogP contribution >= 0.6 is 0 Å². The van der Waals surface area contributed by atoms with Crippen LogP contribution < -0.4 is 5.73 Å². The molecule has 0 aliphatic heterocycles. The van der Waals surface area contributed by atoms with Gasteiger partial charge in [-0.05, 0) is 45.4 Å². The summed E-state index contributed by atoms with van der Waals surface area (Å²) in [6.07, 6.45) is 0. The summed E-state index contributed by atoms with van der Waals surface area (Å²) >= 11 is 0. The van der Waals surface area contributed by atoms with Gasteiger partial charge in [-0.25, -0.2) is 4.79 Å². The van der Waals surface area contributed by atoms with Crippen LogP contribution in [0, 0.1) is 18.4 Å². The molecule has 0 unspecified atom stereocenters. The maximum atomic E-state index is 12.2. The first kappa shape index (κ1) is 17.3. The van der Waals surface area contributed by atoms with Gasteiger partial charge in [-0.1, -0.05) is 25.6 Å². The third-order valence-corrected chi connectivity index (χ3v) is 3.53. The van der Waals surface area contributed by atoms with Crippen molar-refractivity contribution < 1.29 is 9.53 Å². The standard InChI is InChI=1S/C17H25NO2Si/c1-12-13(8-9-21(5,6)7)10-14(11-15(12)18)16(19)20-17(2,3)4/h10-11H,18H2,1-7H3. The Morgan fingerprint density at radius 2 is 1.81 bits per heavy atom. The molecule has 1 aromatic carbocycles. The summed E-state index contributed by atoms with van der Waals surface area (Å²) < 4.78 is 5.39. The van der Waals surface area contributed by atoms with Gasteiger partial charge in [0.2, 0.25) is 0 Å². The van der Waals surface area contributed by atoms with Gasteiger partial charge in [0.25, 0.3) is 0 Å². The van der Waals surface area contributed by atoms with Gasteiger partial charge in [0.15, 0.2) is 0 Å². The number of rotatable bonds is 1. The van der Waals surface area contributed by atoms with Crippen LogP contribution in [0.4, 0.5) is 5.69 Å². The van der Waals surface area contributed by atoms with E-state index in [1.54, 1.807) is 12.1 Å². The molecule has 0 atom stereocenters. The average Bonchev–Trinajstić information content (AvgIpc) is 2.27. The van der Waals surface area contributed by atoms with E-state index in [-0.39, 0.29) is 5.97 Å². The highest BCUT2D eigenvalue weighted by molar-refractivity contribution is 6.83. The Kier molecular flexibility index (Phi) is 4.90. The Bertz CT molecular complexity index is 611. The van der Waals surface area contributed by atoms with E-state index in [1.165, 1.54) is 0 Å². The molecule has 0 spiro atoms. The van der Waals surface area contributed by atoms with Crippen LogP contribution in [0.1, 0.15) is 42.3 Å². The second-order valence-corrected chi connectivity index (χ2v) is 12.0. The van der Waals surface area contributed by atoms with Gasteiger partial charge in [0, 0.05) is 11.3 Å². The number of ether oxygens (including phenoxy) is 1. The van der Waals surface area contributed by atoms with E-state index >= 15 is 0 Å². The lowest BCUT2D eigenvalue weighted by Crippen LogP contribution is -2.24. The number of carbonyl (C=O) groups is 1. The molecule has 0 radical (unpaired) electrons. The summed E-state index contributed by atoms with van der Waals surface area (Å²) in [5, 5.41) is 0. The summed E-state index contributed by atoms with van der Waals surface area (Å²) in [6.45, 7) is 14.0. The Morgan fingerprint density at radius 3 is 2.29 bits per heavy atom. The van der Waals surface area contributed by atoms with Crippen molar-refractivity contribution in [3.63, 3.8) is 0 Å². The van der Waals surface area contributed by atoms with E-state index < -0.39 is 13.7 Å². The number of carbonyl (C=O) groups excluding carboxylic acids is 1. The van der Waals surface area contributed by atoms with Gasteiger partial charge in [-0.15, -0.1) is 5.54 Å². The van der Waals surface area contributed by atoms with Gasteiger partial charge in [-0.2, -0.15) is 0 Å². The number of nitrogens with two attached hydrogens (primary N) is 1. The van der Waals surface area contributed by atoms with Crippen molar-refractivity contribution >= 4 is 19.7 Å². The Labute approximate surface area is 128 Å². The molecule has 3 nitrogen and oxygen atoms in total. The number of hydrogen-bond donors (Lipinski definition) is 1.